The van der Waals surface area contributed by atoms with Crippen LogP contribution in [0.3, 0.4) is 0 Å². The number of fused-ring (bicyclic) bond motifs is 1. The van der Waals surface area contributed by atoms with Crippen LogP contribution < -0.4 is 14.8 Å². The second-order valence-electron chi connectivity index (χ2n) is 5.35. The van der Waals surface area contributed by atoms with Crippen molar-refractivity contribution >= 4 is 39.2 Å². The average Bonchev–Trinajstić information content (AvgIpc) is 2.99. The van der Waals surface area contributed by atoms with Crippen molar-refractivity contribution in [2.24, 2.45) is 0 Å². The molecular formula is C19H18N2O3S. The summed E-state index contributed by atoms with van der Waals surface area (Å²) < 4.78 is 11.6. The third-order valence-corrected chi connectivity index (χ3v) is 4.55. The second-order valence-corrected chi connectivity index (χ2v) is 6.58. The molecule has 0 spiro atoms. The third kappa shape index (κ3) is 3.97. The summed E-state index contributed by atoms with van der Waals surface area (Å²) in [6.07, 6.45) is 3.17. The Morgan fingerprint density at radius 3 is 2.76 bits per heavy atom. The first-order valence-corrected chi connectivity index (χ1v) is 8.49. The van der Waals surface area contributed by atoms with Gasteiger partial charge in [-0.15, -0.1) is 11.3 Å². The molecular weight excluding hydrogens is 336 g/mol. The molecule has 0 fully saturated rings. The molecule has 1 N–H and O–H groups in total. The minimum absolute atomic E-state index is 0.217. The zero-order valence-corrected chi connectivity index (χ0v) is 15.0. The van der Waals surface area contributed by atoms with E-state index in [4.69, 9.17) is 9.47 Å². The molecule has 0 aliphatic heterocycles. The van der Waals surface area contributed by atoms with Gasteiger partial charge < -0.3 is 14.8 Å². The number of thiazole rings is 1. The Balaban J connectivity index is 1.75. The molecule has 0 radical (unpaired) electrons. The van der Waals surface area contributed by atoms with Crippen LogP contribution in [0.1, 0.15) is 10.6 Å². The Kier molecular flexibility index (Phi) is 5.00. The minimum atomic E-state index is -0.217. The summed E-state index contributed by atoms with van der Waals surface area (Å²) >= 11 is 1.60. The monoisotopic (exact) mass is 354 g/mol. The van der Waals surface area contributed by atoms with Crippen molar-refractivity contribution in [2.75, 3.05) is 19.5 Å². The largest absolute Gasteiger partial charge is 0.497 e. The number of hydrogen-bond acceptors (Lipinski definition) is 5. The van der Waals surface area contributed by atoms with E-state index >= 15 is 0 Å². The van der Waals surface area contributed by atoms with Crippen LogP contribution in [0.2, 0.25) is 0 Å². The molecule has 0 bridgehead atoms. The molecule has 2 aromatic carbocycles. The number of aryl methyl sites for hydroxylation is 1. The van der Waals surface area contributed by atoms with Crippen LogP contribution in [0.4, 0.5) is 5.69 Å². The van der Waals surface area contributed by atoms with Gasteiger partial charge in [0, 0.05) is 17.3 Å². The number of amides is 1. The molecule has 1 heterocycles. The maximum Gasteiger partial charge on any atom is 0.248 e. The normalized spacial score (nSPS) is 11.0. The van der Waals surface area contributed by atoms with Crippen LogP contribution in [0.25, 0.3) is 16.3 Å². The number of nitrogens with one attached hydrogen (secondary N) is 1. The van der Waals surface area contributed by atoms with Crippen LogP contribution in [0.5, 0.6) is 11.5 Å². The molecule has 1 amide bonds. The topological polar surface area (TPSA) is 60.5 Å². The summed E-state index contributed by atoms with van der Waals surface area (Å²) in [6, 6.07) is 11.1. The van der Waals surface area contributed by atoms with Gasteiger partial charge in [-0.1, -0.05) is 0 Å². The Bertz CT molecular complexity index is 947. The molecule has 5 nitrogen and oxygen atoms in total. The molecule has 0 unspecified atom stereocenters. The highest BCUT2D eigenvalue weighted by Gasteiger charge is 2.05. The molecule has 25 heavy (non-hydrogen) atoms. The molecule has 128 valence electrons. The lowest BCUT2D eigenvalue weighted by atomic mass is 10.1. The Hall–Kier alpha value is -2.86. The van der Waals surface area contributed by atoms with Crippen molar-refractivity contribution in [1.29, 1.82) is 0 Å². The number of carbonyl (C=O) groups excluding carboxylic acids is 1. The van der Waals surface area contributed by atoms with Gasteiger partial charge in [-0.05, 0) is 49.4 Å². The van der Waals surface area contributed by atoms with Crippen molar-refractivity contribution in [2.45, 2.75) is 6.92 Å². The van der Waals surface area contributed by atoms with E-state index in [9.17, 15) is 4.79 Å². The molecule has 3 rings (SSSR count). The predicted molar refractivity (Wildman–Crippen MR) is 102 cm³/mol. The van der Waals surface area contributed by atoms with E-state index < -0.39 is 0 Å². The highest BCUT2D eigenvalue weighted by molar-refractivity contribution is 7.18. The number of hydrogen-bond donors (Lipinski definition) is 1. The average molecular weight is 354 g/mol. The Morgan fingerprint density at radius 1 is 1.16 bits per heavy atom. The van der Waals surface area contributed by atoms with E-state index in [0.29, 0.717) is 11.5 Å². The summed E-state index contributed by atoms with van der Waals surface area (Å²) in [6.45, 7) is 1.97. The van der Waals surface area contributed by atoms with Crippen molar-refractivity contribution in [3.05, 3.63) is 53.0 Å². The zero-order valence-electron chi connectivity index (χ0n) is 14.2. The molecule has 1 aromatic heterocycles. The van der Waals surface area contributed by atoms with Crippen LogP contribution in [-0.4, -0.2) is 25.1 Å². The van der Waals surface area contributed by atoms with Gasteiger partial charge in [0.15, 0.2) is 0 Å². The number of carbonyl (C=O) groups is 1. The number of methoxy groups -OCH3 is 2. The zero-order chi connectivity index (χ0) is 17.8. The second kappa shape index (κ2) is 7.36. The SMILES string of the molecule is COc1ccc(OC)c(C=CC(=O)Nc2ccc3nc(C)sc3c2)c1. The lowest BCUT2D eigenvalue weighted by Gasteiger charge is -2.07. The first-order valence-electron chi connectivity index (χ1n) is 7.67. The van der Waals surface area contributed by atoms with Gasteiger partial charge in [0.25, 0.3) is 0 Å². The number of anilines is 1. The minimum Gasteiger partial charge on any atom is -0.497 e. The quantitative estimate of drug-likeness (QED) is 0.695. The summed E-state index contributed by atoms with van der Waals surface area (Å²) in [5.41, 5.74) is 2.45. The number of ether oxygens (including phenoxy) is 2. The lowest BCUT2D eigenvalue weighted by molar-refractivity contribution is -0.111. The molecule has 0 atom stereocenters. The first-order chi connectivity index (χ1) is 12.1. The molecule has 3 aromatic rings. The van der Waals surface area contributed by atoms with Gasteiger partial charge in [0.2, 0.25) is 5.91 Å². The summed E-state index contributed by atoms with van der Waals surface area (Å²) in [5, 5.41) is 3.86. The van der Waals surface area contributed by atoms with E-state index in [2.05, 4.69) is 10.3 Å². The summed E-state index contributed by atoms with van der Waals surface area (Å²) in [5.74, 6) is 1.16. The third-order valence-electron chi connectivity index (χ3n) is 3.61. The van der Waals surface area contributed by atoms with E-state index in [1.165, 1.54) is 6.08 Å². The smallest absolute Gasteiger partial charge is 0.248 e. The summed E-state index contributed by atoms with van der Waals surface area (Å²) in [4.78, 5) is 16.6. The van der Waals surface area contributed by atoms with E-state index in [1.54, 1.807) is 37.7 Å². The highest BCUT2D eigenvalue weighted by atomic mass is 32.1. The first kappa shape index (κ1) is 17.0. The Morgan fingerprint density at radius 2 is 2.00 bits per heavy atom. The summed E-state index contributed by atoms with van der Waals surface area (Å²) in [7, 11) is 3.19. The standard InChI is InChI=1S/C19H18N2O3S/c1-12-20-16-7-5-14(11-18(16)25-12)21-19(22)9-4-13-10-15(23-2)6-8-17(13)24-3/h4-11H,1-3H3,(H,21,22). The fourth-order valence-corrected chi connectivity index (χ4v) is 3.30. The van der Waals surface area contributed by atoms with Gasteiger partial charge in [-0.3, -0.25) is 4.79 Å². The number of benzene rings is 2. The van der Waals surface area contributed by atoms with Gasteiger partial charge in [0.1, 0.15) is 11.5 Å². The van der Waals surface area contributed by atoms with Crippen molar-refractivity contribution in [1.82, 2.24) is 4.98 Å². The van der Waals surface area contributed by atoms with Gasteiger partial charge in [-0.25, -0.2) is 4.98 Å². The Labute approximate surface area is 149 Å². The maximum atomic E-state index is 12.2. The number of nitrogens with zero attached hydrogens (tertiary/aromatic N) is 1. The van der Waals surface area contributed by atoms with Crippen LogP contribution in [-0.2, 0) is 4.79 Å². The molecule has 6 heteroatoms. The number of aromatic nitrogens is 1. The maximum absolute atomic E-state index is 12.2. The van der Waals surface area contributed by atoms with Gasteiger partial charge >= 0.3 is 0 Å². The van der Waals surface area contributed by atoms with E-state index in [0.717, 1.165) is 26.5 Å². The van der Waals surface area contributed by atoms with Gasteiger partial charge in [-0.2, -0.15) is 0 Å². The predicted octanol–water partition coefficient (Wildman–Crippen LogP) is 4.27. The van der Waals surface area contributed by atoms with Crippen LogP contribution in [0, 0.1) is 6.92 Å². The number of rotatable bonds is 5. The lowest BCUT2D eigenvalue weighted by Crippen LogP contribution is -2.07. The van der Waals surface area contributed by atoms with Crippen molar-refractivity contribution in [3.8, 4) is 11.5 Å². The molecule has 0 aliphatic carbocycles. The highest BCUT2D eigenvalue weighted by Crippen LogP contribution is 2.26. The van der Waals surface area contributed by atoms with Crippen LogP contribution >= 0.6 is 11.3 Å². The van der Waals surface area contributed by atoms with E-state index in [-0.39, 0.29) is 5.91 Å². The molecule has 0 saturated heterocycles. The molecule has 0 saturated carbocycles. The molecule has 0 aliphatic rings. The fourth-order valence-electron chi connectivity index (χ4n) is 2.44. The van der Waals surface area contributed by atoms with E-state index in [1.807, 2.05) is 37.3 Å². The van der Waals surface area contributed by atoms with Crippen molar-refractivity contribution < 1.29 is 14.3 Å². The van der Waals surface area contributed by atoms with Crippen LogP contribution in [0.15, 0.2) is 42.5 Å². The van der Waals surface area contributed by atoms with Crippen molar-refractivity contribution in [3.63, 3.8) is 0 Å². The van der Waals surface area contributed by atoms with Gasteiger partial charge in [0.05, 0.1) is 29.4 Å². The fraction of sp³-hybridized carbons (Fsp3) is 0.158.